The summed E-state index contributed by atoms with van der Waals surface area (Å²) in [6.45, 7) is 4.99. The van der Waals surface area contributed by atoms with E-state index in [1.54, 1.807) is 40.1 Å². The zero-order chi connectivity index (χ0) is 16.1. The first-order valence-corrected chi connectivity index (χ1v) is 7.35. The van der Waals surface area contributed by atoms with Gasteiger partial charge in [-0.2, -0.15) is 0 Å². The van der Waals surface area contributed by atoms with E-state index in [0.717, 1.165) is 0 Å². The largest absolute Gasteiger partial charge is 0.336 e. The van der Waals surface area contributed by atoms with E-state index in [-0.39, 0.29) is 11.8 Å². The molecule has 2 amide bonds. The van der Waals surface area contributed by atoms with E-state index >= 15 is 0 Å². The molecule has 2 aromatic rings. The number of hydrogen-bond donors (Lipinski definition) is 1. The van der Waals surface area contributed by atoms with Gasteiger partial charge in [-0.15, -0.1) is 0 Å². The molecule has 22 heavy (non-hydrogen) atoms. The summed E-state index contributed by atoms with van der Waals surface area (Å²) in [5, 5.41) is 2.88. The summed E-state index contributed by atoms with van der Waals surface area (Å²) in [6.07, 6.45) is 3.40. The number of aromatic nitrogens is 2. The van der Waals surface area contributed by atoms with Crippen molar-refractivity contribution < 1.29 is 9.18 Å². The summed E-state index contributed by atoms with van der Waals surface area (Å²) in [5.41, 5.74) is 0.400. The number of rotatable bonds is 5. The van der Waals surface area contributed by atoms with Crippen LogP contribution in [0.5, 0.6) is 0 Å². The van der Waals surface area contributed by atoms with Gasteiger partial charge in [-0.25, -0.2) is 14.2 Å². The Hall–Kier alpha value is -2.37. The number of nitrogens with zero attached hydrogens (tertiary/aromatic N) is 3. The smallest absolute Gasteiger partial charge is 0.318 e. The Morgan fingerprint density at radius 2 is 2.05 bits per heavy atom. The molecule has 1 atom stereocenters. The second kappa shape index (κ2) is 7.06. The van der Waals surface area contributed by atoms with Crippen molar-refractivity contribution in [2.75, 3.05) is 13.1 Å². The van der Waals surface area contributed by atoms with Crippen LogP contribution in [-0.4, -0.2) is 33.6 Å². The molecule has 5 nitrogen and oxygen atoms in total. The zero-order valence-electron chi connectivity index (χ0n) is 13.1. The standard InChI is InChI=1S/C16H21FN4O/c1-4-21(5-2)16(22)19-14(15-18-10-11-20(15)3)12-8-6-7-9-13(12)17/h6-11,14H,4-5H2,1-3H3,(H,19,22). The number of hydrogen-bond acceptors (Lipinski definition) is 2. The number of carbonyl (C=O) groups excluding carboxylic acids is 1. The van der Waals surface area contributed by atoms with Crippen LogP contribution in [0.15, 0.2) is 36.7 Å². The molecule has 118 valence electrons. The summed E-state index contributed by atoms with van der Waals surface area (Å²) in [6, 6.07) is 5.56. The second-order valence-corrected chi connectivity index (χ2v) is 4.97. The number of urea groups is 1. The van der Waals surface area contributed by atoms with Crippen LogP contribution < -0.4 is 5.32 Å². The van der Waals surface area contributed by atoms with Crippen LogP contribution in [-0.2, 0) is 7.05 Å². The van der Waals surface area contributed by atoms with Crippen LogP contribution >= 0.6 is 0 Å². The quantitative estimate of drug-likeness (QED) is 0.923. The van der Waals surface area contributed by atoms with Crippen molar-refractivity contribution in [1.82, 2.24) is 19.8 Å². The Bertz CT molecular complexity index is 637. The van der Waals surface area contributed by atoms with Crippen molar-refractivity contribution >= 4 is 6.03 Å². The number of carbonyl (C=O) groups is 1. The van der Waals surface area contributed by atoms with E-state index in [9.17, 15) is 9.18 Å². The first-order chi connectivity index (χ1) is 10.6. The molecule has 1 aromatic carbocycles. The minimum Gasteiger partial charge on any atom is -0.336 e. The van der Waals surface area contributed by atoms with Crippen LogP contribution in [0.3, 0.4) is 0 Å². The molecule has 0 radical (unpaired) electrons. The van der Waals surface area contributed by atoms with Crippen molar-refractivity contribution in [3.8, 4) is 0 Å². The molecule has 0 aliphatic heterocycles. The topological polar surface area (TPSA) is 50.2 Å². The number of aryl methyl sites for hydroxylation is 1. The lowest BCUT2D eigenvalue weighted by atomic mass is 10.1. The van der Waals surface area contributed by atoms with Gasteiger partial charge in [0.2, 0.25) is 0 Å². The minimum atomic E-state index is -0.630. The van der Waals surface area contributed by atoms with E-state index in [1.165, 1.54) is 6.07 Å². The molecule has 2 rings (SSSR count). The fraction of sp³-hybridized carbons (Fsp3) is 0.375. The van der Waals surface area contributed by atoms with Gasteiger partial charge in [0.15, 0.2) is 0 Å². The number of amides is 2. The lowest BCUT2D eigenvalue weighted by Gasteiger charge is -2.25. The summed E-state index contributed by atoms with van der Waals surface area (Å²) < 4.78 is 16.0. The molecule has 0 fully saturated rings. The van der Waals surface area contributed by atoms with Crippen molar-refractivity contribution in [2.45, 2.75) is 19.9 Å². The van der Waals surface area contributed by atoms with Crippen molar-refractivity contribution in [3.63, 3.8) is 0 Å². The summed E-state index contributed by atoms with van der Waals surface area (Å²) in [5.74, 6) is 0.223. The van der Waals surface area contributed by atoms with E-state index < -0.39 is 6.04 Å². The van der Waals surface area contributed by atoms with E-state index in [2.05, 4.69) is 10.3 Å². The first-order valence-electron chi connectivity index (χ1n) is 7.35. The molecule has 1 aromatic heterocycles. The number of halogens is 1. The van der Waals surface area contributed by atoms with Crippen molar-refractivity contribution in [1.29, 1.82) is 0 Å². The van der Waals surface area contributed by atoms with E-state index in [4.69, 9.17) is 0 Å². The molecule has 0 spiro atoms. The van der Waals surface area contributed by atoms with Crippen LogP contribution in [0.4, 0.5) is 9.18 Å². The zero-order valence-corrected chi connectivity index (χ0v) is 13.1. The summed E-state index contributed by atoms with van der Waals surface area (Å²) >= 11 is 0. The lowest BCUT2D eigenvalue weighted by Crippen LogP contribution is -2.42. The SMILES string of the molecule is CCN(CC)C(=O)NC(c1ccccc1F)c1nccn1C. The van der Waals surface area contributed by atoms with Crippen LogP contribution in [0, 0.1) is 5.82 Å². The van der Waals surface area contributed by atoms with Gasteiger partial charge in [-0.1, -0.05) is 18.2 Å². The molecule has 0 saturated carbocycles. The molecule has 1 N–H and O–H groups in total. The average molecular weight is 304 g/mol. The van der Waals surface area contributed by atoms with Crippen LogP contribution in [0.25, 0.3) is 0 Å². The third-order valence-electron chi connectivity index (χ3n) is 3.65. The highest BCUT2D eigenvalue weighted by molar-refractivity contribution is 5.75. The predicted octanol–water partition coefficient (Wildman–Crippen LogP) is 2.70. The molecule has 0 bridgehead atoms. The van der Waals surface area contributed by atoms with Gasteiger partial charge in [0.1, 0.15) is 17.7 Å². The minimum absolute atomic E-state index is 0.235. The van der Waals surface area contributed by atoms with Gasteiger partial charge in [0.05, 0.1) is 0 Å². The molecule has 6 heteroatoms. The fourth-order valence-corrected chi connectivity index (χ4v) is 2.37. The molecular weight excluding hydrogens is 283 g/mol. The molecule has 1 unspecified atom stereocenters. The Kier molecular flexibility index (Phi) is 5.14. The van der Waals surface area contributed by atoms with Crippen molar-refractivity contribution in [3.05, 3.63) is 53.9 Å². The maximum Gasteiger partial charge on any atom is 0.318 e. The maximum absolute atomic E-state index is 14.2. The number of nitrogens with one attached hydrogen (secondary N) is 1. The van der Waals surface area contributed by atoms with Gasteiger partial charge < -0.3 is 14.8 Å². The highest BCUT2D eigenvalue weighted by Crippen LogP contribution is 2.23. The van der Waals surface area contributed by atoms with E-state index in [0.29, 0.717) is 24.5 Å². The number of benzene rings is 1. The lowest BCUT2D eigenvalue weighted by molar-refractivity contribution is 0.200. The second-order valence-electron chi connectivity index (χ2n) is 4.97. The Labute approximate surface area is 129 Å². The summed E-state index contributed by atoms with van der Waals surface area (Å²) in [4.78, 5) is 18.3. The fourth-order valence-electron chi connectivity index (χ4n) is 2.37. The molecule has 0 aliphatic carbocycles. The van der Waals surface area contributed by atoms with Gasteiger partial charge in [0, 0.05) is 38.1 Å². The third kappa shape index (κ3) is 3.27. The molecule has 1 heterocycles. The average Bonchev–Trinajstić information content (AvgIpc) is 2.93. The van der Waals surface area contributed by atoms with Gasteiger partial charge in [-0.05, 0) is 19.9 Å². The van der Waals surface area contributed by atoms with Gasteiger partial charge >= 0.3 is 6.03 Å². The monoisotopic (exact) mass is 304 g/mol. The normalized spacial score (nSPS) is 12.0. The van der Waals surface area contributed by atoms with Gasteiger partial charge in [0.25, 0.3) is 0 Å². The van der Waals surface area contributed by atoms with E-state index in [1.807, 2.05) is 20.9 Å². The maximum atomic E-state index is 14.2. The number of imidazole rings is 1. The predicted molar refractivity (Wildman–Crippen MR) is 82.9 cm³/mol. The highest BCUT2D eigenvalue weighted by atomic mass is 19.1. The Morgan fingerprint density at radius 1 is 1.36 bits per heavy atom. The Balaban J connectivity index is 2.37. The van der Waals surface area contributed by atoms with Gasteiger partial charge in [-0.3, -0.25) is 0 Å². The molecule has 0 saturated heterocycles. The van der Waals surface area contributed by atoms with Crippen LogP contribution in [0.1, 0.15) is 31.3 Å². The van der Waals surface area contributed by atoms with Crippen molar-refractivity contribution in [2.24, 2.45) is 7.05 Å². The van der Waals surface area contributed by atoms with Crippen LogP contribution in [0.2, 0.25) is 0 Å². The highest BCUT2D eigenvalue weighted by Gasteiger charge is 2.24. The molecular formula is C16H21FN4O. The third-order valence-corrected chi connectivity index (χ3v) is 3.65. The first kappa shape index (κ1) is 16.0. The molecule has 0 aliphatic rings. The summed E-state index contributed by atoms with van der Waals surface area (Å²) in [7, 11) is 1.82. The Morgan fingerprint density at radius 3 is 2.59 bits per heavy atom.